The molecule has 0 amide bonds. The molecule has 2 aromatic heterocycles. The van der Waals surface area contributed by atoms with E-state index in [0.29, 0.717) is 12.0 Å². The summed E-state index contributed by atoms with van der Waals surface area (Å²) in [6.45, 7) is 2.09. The number of aryl methyl sites for hydroxylation is 1. The fourth-order valence-corrected chi connectivity index (χ4v) is 4.57. The van der Waals surface area contributed by atoms with Gasteiger partial charge in [0.1, 0.15) is 0 Å². The lowest BCUT2D eigenvalue weighted by atomic mass is 10.0. The van der Waals surface area contributed by atoms with Crippen LogP contribution in [0.25, 0.3) is 21.8 Å². The number of benzene rings is 2. The van der Waals surface area contributed by atoms with Crippen molar-refractivity contribution in [2.45, 2.75) is 19.9 Å². The third-order valence-electron chi connectivity index (χ3n) is 5.06. The summed E-state index contributed by atoms with van der Waals surface area (Å²) >= 11 is 1.45. The predicted octanol–water partition coefficient (Wildman–Crippen LogP) is 4.76. The number of rotatable bonds is 3. The van der Waals surface area contributed by atoms with Gasteiger partial charge in [0.2, 0.25) is 5.78 Å². The summed E-state index contributed by atoms with van der Waals surface area (Å²) in [4.78, 5) is 29.6. The molecule has 2 aromatic carbocycles. The number of ketones is 1. The summed E-state index contributed by atoms with van der Waals surface area (Å²) < 4.78 is 2.26. The SMILES string of the molecule is CC(=O)O/N=C1\CCn2c3ccc(C(=O)c4cccs4)cc3c3cccc1c32. The second-order valence-electron chi connectivity index (χ2n) is 6.76. The molecule has 0 unspecified atom stereocenters. The number of hydrogen-bond acceptors (Lipinski definition) is 5. The van der Waals surface area contributed by atoms with Crippen molar-refractivity contribution in [3.8, 4) is 0 Å². The second-order valence-corrected chi connectivity index (χ2v) is 7.71. The molecule has 4 aromatic rings. The molecule has 6 heteroatoms. The highest BCUT2D eigenvalue weighted by Crippen LogP contribution is 2.35. The molecule has 138 valence electrons. The zero-order chi connectivity index (χ0) is 19.3. The molecule has 0 fully saturated rings. The van der Waals surface area contributed by atoms with Gasteiger partial charge in [0.05, 0.1) is 16.1 Å². The van der Waals surface area contributed by atoms with Gasteiger partial charge in [0.25, 0.3) is 0 Å². The van der Waals surface area contributed by atoms with Crippen LogP contribution in [0.5, 0.6) is 0 Å². The fourth-order valence-electron chi connectivity index (χ4n) is 3.88. The Hall–Kier alpha value is -3.25. The number of aromatic nitrogens is 1. The molecular weight excluding hydrogens is 372 g/mol. The van der Waals surface area contributed by atoms with Gasteiger partial charge in [-0.2, -0.15) is 0 Å². The molecule has 0 N–H and O–H groups in total. The van der Waals surface area contributed by atoms with Crippen molar-refractivity contribution in [1.29, 1.82) is 0 Å². The van der Waals surface area contributed by atoms with Crippen molar-refractivity contribution < 1.29 is 14.4 Å². The molecule has 1 aliphatic heterocycles. The van der Waals surface area contributed by atoms with E-state index in [1.54, 1.807) is 0 Å². The van der Waals surface area contributed by atoms with Gasteiger partial charge in [0, 0.05) is 47.3 Å². The molecule has 0 bridgehead atoms. The van der Waals surface area contributed by atoms with Gasteiger partial charge < -0.3 is 9.40 Å². The molecule has 28 heavy (non-hydrogen) atoms. The maximum Gasteiger partial charge on any atom is 0.331 e. The molecular formula is C22H16N2O3S. The van der Waals surface area contributed by atoms with Gasteiger partial charge >= 0.3 is 5.97 Å². The Kier molecular flexibility index (Phi) is 3.87. The van der Waals surface area contributed by atoms with E-state index in [2.05, 4.69) is 15.8 Å². The fraction of sp³-hybridized carbons (Fsp3) is 0.136. The van der Waals surface area contributed by atoms with E-state index >= 15 is 0 Å². The Labute approximate surface area is 164 Å². The number of thiophene rings is 1. The van der Waals surface area contributed by atoms with Crippen LogP contribution in [0.4, 0.5) is 0 Å². The normalized spacial score (nSPS) is 14.7. The van der Waals surface area contributed by atoms with Crippen LogP contribution in [0.3, 0.4) is 0 Å². The summed E-state index contributed by atoms with van der Waals surface area (Å²) in [6, 6.07) is 15.7. The number of nitrogens with zero attached hydrogens (tertiary/aromatic N) is 2. The number of oxime groups is 1. The lowest BCUT2D eigenvalue weighted by Gasteiger charge is -2.17. The lowest BCUT2D eigenvalue weighted by molar-refractivity contribution is -0.140. The molecule has 5 nitrogen and oxygen atoms in total. The molecule has 0 radical (unpaired) electrons. The van der Waals surface area contributed by atoms with Crippen molar-refractivity contribution >= 4 is 50.6 Å². The van der Waals surface area contributed by atoms with Gasteiger partial charge in [-0.1, -0.05) is 29.4 Å². The van der Waals surface area contributed by atoms with Gasteiger partial charge in [-0.15, -0.1) is 11.3 Å². The number of hydrogen-bond donors (Lipinski definition) is 0. The largest absolute Gasteiger partial charge is 0.340 e. The minimum atomic E-state index is -0.428. The third kappa shape index (κ3) is 2.57. The summed E-state index contributed by atoms with van der Waals surface area (Å²) in [5.74, 6) is -0.386. The Morgan fingerprint density at radius 1 is 1.11 bits per heavy atom. The Morgan fingerprint density at radius 2 is 2.00 bits per heavy atom. The van der Waals surface area contributed by atoms with Crippen LogP contribution in [0.2, 0.25) is 0 Å². The summed E-state index contributed by atoms with van der Waals surface area (Å²) in [5, 5.41) is 8.09. The van der Waals surface area contributed by atoms with Crippen LogP contribution in [-0.2, 0) is 16.2 Å². The smallest absolute Gasteiger partial charge is 0.331 e. The maximum absolute atomic E-state index is 12.8. The average Bonchev–Trinajstić information content (AvgIpc) is 3.35. The molecule has 0 saturated carbocycles. The quantitative estimate of drug-likeness (QED) is 0.289. The predicted molar refractivity (Wildman–Crippen MR) is 110 cm³/mol. The molecule has 0 aliphatic carbocycles. The summed E-state index contributed by atoms with van der Waals surface area (Å²) in [7, 11) is 0. The van der Waals surface area contributed by atoms with E-state index in [9.17, 15) is 9.59 Å². The second kappa shape index (κ2) is 6.42. The highest BCUT2D eigenvalue weighted by molar-refractivity contribution is 7.12. The van der Waals surface area contributed by atoms with Gasteiger partial charge in [0.15, 0.2) is 0 Å². The van der Waals surface area contributed by atoms with E-state index in [1.807, 2.05) is 47.8 Å². The molecule has 0 saturated heterocycles. The number of fused-ring (bicyclic) bond motifs is 3. The minimum Gasteiger partial charge on any atom is -0.340 e. The summed E-state index contributed by atoms with van der Waals surface area (Å²) in [5.41, 5.74) is 4.58. The van der Waals surface area contributed by atoms with Crippen molar-refractivity contribution in [1.82, 2.24) is 4.57 Å². The van der Waals surface area contributed by atoms with Gasteiger partial charge in [-0.3, -0.25) is 4.79 Å². The average molecular weight is 388 g/mol. The lowest BCUT2D eigenvalue weighted by Crippen LogP contribution is -2.15. The summed E-state index contributed by atoms with van der Waals surface area (Å²) in [6.07, 6.45) is 0.680. The first-order valence-electron chi connectivity index (χ1n) is 9.01. The highest BCUT2D eigenvalue weighted by atomic mass is 32.1. The van der Waals surface area contributed by atoms with Crippen molar-refractivity contribution in [2.75, 3.05) is 0 Å². The van der Waals surface area contributed by atoms with Crippen LogP contribution < -0.4 is 0 Å². The Morgan fingerprint density at radius 3 is 2.79 bits per heavy atom. The maximum atomic E-state index is 12.8. The van der Waals surface area contributed by atoms with E-state index in [-0.39, 0.29) is 5.78 Å². The molecule has 0 spiro atoms. The van der Waals surface area contributed by atoms with Crippen LogP contribution >= 0.6 is 11.3 Å². The first-order chi connectivity index (χ1) is 13.6. The monoisotopic (exact) mass is 388 g/mol. The molecule has 0 atom stereocenters. The van der Waals surface area contributed by atoms with E-state index in [4.69, 9.17) is 4.84 Å². The zero-order valence-electron chi connectivity index (χ0n) is 15.1. The number of carbonyl (C=O) groups excluding carboxylic acids is 2. The van der Waals surface area contributed by atoms with E-state index in [0.717, 1.165) is 44.5 Å². The van der Waals surface area contributed by atoms with Crippen LogP contribution in [0.1, 0.15) is 34.1 Å². The Bertz CT molecular complexity index is 1280. The van der Waals surface area contributed by atoms with Crippen LogP contribution in [0.15, 0.2) is 59.1 Å². The van der Waals surface area contributed by atoms with Crippen LogP contribution in [0, 0.1) is 0 Å². The zero-order valence-corrected chi connectivity index (χ0v) is 16.0. The van der Waals surface area contributed by atoms with Crippen molar-refractivity contribution in [3.05, 3.63) is 69.9 Å². The van der Waals surface area contributed by atoms with E-state index in [1.165, 1.54) is 18.3 Å². The Balaban J connectivity index is 1.71. The van der Waals surface area contributed by atoms with Gasteiger partial charge in [-0.25, -0.2) is 4.79 Å². The standard InChI is InChI=1S/C22H16N2O3S/c1-13(25)27-23-18-9-10-24-19-8-7-14(22(26)20-6-3-11-28-20)12-17(19)15-4-2-5-16(18)21(15)24/h2-8,11-12H,9-10H2,1H3/b23-18+. The number of para-hydroxylation sites is 1. The molecule has 5 rings (SSSR count). The van der Waals surface area contributed by atoms with Crippen LogP contribution in [-0.4, -0.2) is 22.0 Å². The van der Waals surface area contributed by atoms with Crippen molar-refractivity contribution in [3.63, 3.8) is 0 Å². The minimum absolute atomic E-state index is 0.0425. The van der Waals surface area contributed by atoms with E-state index < -0.39 is 5.97 Å². The molecule has 1 aliphatic rings. The van der Waals surface area contributed by atoms with Gasteiger partial charge in [-0.05, 0) is 29.6 Å². The first-order valence-corrected chi connectivity index (χ1v) is 9.89. The van der Waals surface area contributed by atoms with Crippen molar-refractivity contribution in [2.24, 2.45) is 5.16 Å². The topological polar surface area (TPSA) is 60.7 Å². The number of carbonyl (C=O) groups is 2. The third-order valence-corrected chi connectivity index (χ3v) is 5.93. The highest BCUT2D eigenvalue weighted by Gasteiger charge is 2.23. The molecule has 3 heterocycles. The first kappa shape index (κ1) is 16.9.